The van der Waals surface area contributed by atoms with Crippen molar-refractivity contribution in [2.75, 3.05) is 24.1 Å². The maximum absolute atomic E-state index is 5.03. The number of anilines is 2. The zero-order valence-electron chi connectivity index (χ0n) is 18.3. The summed E-state index contributed by atoms with van der Waals surface area (Å²) in [5.41, 5.74) is 5.60. The van der Waals surface area contributed by atoms with E-state index in [1.165, 1.54) is 0 Å². The Labute approximate surface area is 189 Å². The van der Waals surface area contributed by atoms with Crippen LogP contribution >= 0.6 is 0 Å². The third-order valence-electron chi connectivity index (χ3n) is 5.08. The predicted molar refractivity (Wildman–Crippen MR) is 136 cm³/mol. The number of hydrogen-bond donors (Lipinski definition) is 0. The Morgan fingerprint density at radius 3 is 1.03 bits per heavy atom. The average Bonchev–Trinajstić information content (AvgIpc) is 2.88. The fourth-order valence-electron chi connectivity index (χ4n) is 3.38. The number of rotatable bonds is 7. The Morgan fingerprint density at radius 2 is 0.719 bits per heavy atom. The van der Waals surface area contributed by atoms with Gasteiger partial charge in [0.25, 0.3) is 0 Å². The van der Waals surface area contributed by atoms with Crippen LogP contribution < -0.4 is 10.0 Å². The molecule has 4 rings (SSSR count). The molecule has 4 aromatic rings. The molecular formula is C28H26N4. The summed E-state index contributed by atoms with van der Waals surface area (Å²) in [7, 11) is 3.92. The summed E-state index contributed by atoms with van der Waals surface area (Å²) in [6.45, 7) is 0. The molecule has 0 N–H and O–H groups in total. The minimum Gasteiger partial charge on any atom is -0.268 e. The van der Waals surface area contributed by atoms with Crippen LogP contribution in [0.15, 0.2) is 132 Å². The van der Waals surface area contributed by atoms with Gasteiger partial charge >= 0.3 is 0 Å². The molecule has 0 heterocycles. The highest BCUT2D eigenvalue weighted by atomic mass is 15.5. The summed E-state index contributed by atoms with van der Waals surface area (Å²) in [5.74, 6) is 0. The quantitative estimate of drug-likeness (QED) is 0.269. The number of hydrogen-bond acceptors (Lipinski definition) is 4. The van der Waals surface area contributed by atoms with Gasteiger partial charge in [0, 0.05) is 25.2 Å². The predicted octanol–water partition coefficient (Wildman–Crippen LogP) is 6.07. The molecule has 0 atom stereocenters. The maximum Gasteiger partial charge on any atom is 0.119 e. The summed E-state index contributed by atoms with van der Waals surface area (Å²) in [4.78, 5) is 0. The van der Waals surface area contributed by atoms with Crippen LogP contribution in [0.3, 0.4) is 0 Å². The van der Waals surface area contributed by atoms with Crippen LogP contribution in [0.2, 0.25) is 0 Å². The van der Waals surface area contributed by atoms with Gasteiger partial charge in [0.15, 0.2) is 0 Å². The second kappa shape index (κ2) is 10.2. The van der Waals surface area contributed by atoms with Crippen molar-refractivity contribution in [2.24, 2.45) is 10.2 Å². The van der Waals surface area contributed by atoms with Crippen LogP contribution in [-0.2, 0) is 0 Å². The Morgan fingerprint density at radius 1 is 0.438 bits per heavy atom. The van der Waals surface area contributed by atoms with Crippen molar-refractivity contribution in [2.45, 2.75) is 0 Å². The van der Waals surface area contributed by atoms with Crippen molar-refractivity contribution < 1.29 is 0 Å². The van der Waals surface area contributed by atoms with Gasteiger partial charge in [0.2, 0.25) is 0 Å². The van der Waals surface area contributed by atoms with Crippen molar-refractivity contribution in [3.8, 4) is 0 Å². The van der Waals surface area contributed by atoms with E-state index in [0.717, 1.165) is 33.9 Å². The standard InChI is InChI=1S/C28H26N4/c1-31(25-19-11-5-12-20-25)29-27(23-15-7-3-8-16-23)28(24-17-9-4-10-18-24)30-32(2)26-21-13-6-14-22-26/h3-22H,1-2H3/b29-27+,30-28+. The first-order valence-electron chi connectivity index (χ1n) is 10.6. The number of hydrazone groups is 2. The van der Waals surface area contributed by atoms with Gasteiger partial charge in [-0.1, -0.05) is 97.1 Å². The molecule has 0 saturated heterocycles. The highest BCUT2D eigenvalue weighted by Gasteiger charge is 2.17. The lowest BCUT2D eigenvalue weighted by Gasteiger charge is -2.20. The lowest BCUT2D eigenvalue weighted by Crippen LogP contribution is -2.25. The average molecular weight is 419 g/mol. The molecular weight excluding hydrogens is 392 g/mol. The molecule has 0 fully saturated rings. The smallest absolute Gasteiger partial charge is 0.119 e. The Kier molecular flexibility index (Phi) is 6.73. The van der Waals surface area contributed by atoms with E-state index in [2.05, 4.69) is 24.3 Å². The van der Waals surface area contributed by atoms with E-state index in [1.807, 2.05) is 121 Å². The Balaban J connectivity index is 1.87. The van der Waals surface area contributed by atoms with Gasteiger partial charge in [-0.15, -0.1) is 0 Å². The first-order valence-corrected chi connectivity index (χ1v) is 10.6. The SMILES string of the molecule is CN(/N=C(/C(=N/N(C)c1ccccc1)c1ccccc1)c1ccccc1)c1ccccc1. The van der Waals surface area contributed by atoms with Crippen LogP contribution in [0.1, 0.15) is 11.1 Å². The molecule has 0 bridgehead atoms. The van der Waals surface area contributed by atoms with Gasteiger partial charge in [0.05, 0.1) is 11.4 Å². The van der Waals surface area contributed by atoms with Crippen molar-refractivity contribution in [3.05, 3.63) is 132 Å². The van der Waals surface area contributed by atoms with Gasteiger partial charge in [0.1, 0.15) is 11.4 Å². The van der Waals surface area contributed by atoms with Crippen LogP contribution in [0.4, 0.5) is 11.4 Å². The first-order chi connectivity index (χ1) is 15.7. The fraction of sp³-hybridized carbons (Fsp3) is 0.0714. The molecule has 4 heteroatoms. The Bertz CT molecular complexity index is 1070. The molecule has 0 aromatic heterocycles. The molecule has 0 spiro atoms. The van der Waals surface area contributed by atoms with Gasteiger partial charge in [-0.3, -0.25) is 10.0 Å². The molecule has 4 nitrogen and oxygen atoms in total. The van der Waals surface area contributed by atoms with E-state index in [4.69, 9.17) is 10.2 Å². The van der Waals surface area contributed by atoms with Gasteiger partial charge < -0.3 is 0 Å². The van der Waals surface area contributed by atoms with E-state index in [-0.39, 0.29) is 0 Å². The molecule has 0 aliphatic heterocycles. The lowest BCUT2D eigenvalue weighted by atomic mass is 10.00. The number of benzene rings is 4. The van der Waals surface area contributed by atoms with E-state index in [9.17, 15) is 0 Å². The Hall–Kier alpha value is -4.18. The number of para-hydroxylation sites is 2. The molecule has 0 saturated carbocycles. The maximum atomic E-state index is 5.03. The summed E-state index contributed by atoms with van der Waals surface area (Å²) < 4.78 is 0. The van der Waals surface area contributed by atoms with E-state index in [1.54, 1.807) is 0 Å². The van der Waals surface area contributed by atoms with Crippen molar-refractivity contribution in [3.63, 3.8) is 0 Å². The second-order valence-electron chi connectivity index (χ2n) is 7.35. The van der Waals surface area contributed by atoms with Gasteiger partial charge in [-0.05, 0) is 24.3 Å². The van der Waals surface area contributed by atoms with Gasteiger partial charge in [-0.2, -0.15) is 10.2 Å². The zero-order valence-corrected chi connectivity index (χ0v) is 18.3. The zero-order chi connectivity index (χ0) is 22.2. The summed E-state index contributed by atoms with van der Waals surface area (Å²) in [5, 5.41) is 13.9. The largest absolute Gasteiger partial charge is 0.268 e. The molecule has 0 aliphatic carbocycles. The third kappa shape index (κ3) is 5.10. The normalized spacial score (nSPS) is 11.8. The van der Waals surface area contributed by atoms with E-state index >= 15 is 0 Å². The topological polar surface area (TPSA) is 31.2 Å². The minimum atomic E-state index is 0.797. The second-order valence-corrected chi connectivity index (χ2v) is 7.35. The van der Waals surface area contributed by atoms with Crippen molar-refractivity contribution in [1.82, 2.24) is 0 Å². The fourth-order valence-corrected chi connectivity index (χ4v) is 3.38. The highest BCUT2D eigenvalue weighted by Crippen LogP contribution is 2.18. The lowest BCUT2D eigenvalue weighted by molar-refractivity contribution is 1.01. The molecule has 0 radical (unpaired) electrons. The van der Waals surface area contributed by atoms with E-state index in [0.29, 0.717) is 0 Å². The molecule has 0 unspecified atom stereocenters. The molecule has 158 valence electrons. The minimum absolute atomic E-state index is 0.797. The first kappa shape index (κ1) is 21.1. The van der Waals surface area contributed by atoms with E-state index < -0.39 is 0 Å². The van der Waals surface area contributed by atoms with Gasteiger partial charge in [-0.25, -0.2) is 0 Å². The van der Waals surface area contributed by atoms with Crippen LogP contribution in [0, 0.1) is 0 Å². The summed E-state index contributed by atoms with van der Waals surface area (Å²) in [6, 6.07) is 40.6. The molecule has 0 aliphatic rings. The highest BCUT2D eigenvalue weighted by molar-refractivity contribution is 6.53. The van der Waals surface area contributed by atoms with Crippen LogP contribution in [0.5, 0.6) is 0 Å². The molecule has 0 amide bonds. The molecule has 32 heavy (non-hydrogen) atoms. The van der Waals surface area contributed by atoms with Crippen LogP contribution in [-0.4, -0.2) is 25.5 Å². The summed E-state index contributed by atoms with van der Waals surface area (Å²) in [6.07, 6.45) is 0. The van der Waals surface area contributed by atoms with Crippen molar-refractivity contribution >= 4 is 22.8 Å². The monoisotopic (exact) mass is 418 g/mol. The summed E-state index contributed by atoms with van der Waals surface area (Å²) >= 11 is 0. The molecule has 4 aromatic carbocycles. The van der Waals surface area contributed by atoms with Crippen molar-refractivity contribution in [1.29, 1.82) is 0 Å². The van der Waals surface area contributed by atoms with Crippen LogP contribution in [0.25, 0.3) is 0 Å². The number of nitrogens with zero attached hydrogens (tertiary/aromatic N) is 4. The third-order valence-corrected chi connectivity index (χ3v) is 5.08.